The highest BCUT2D eigenvalue weighted by Crippen LogP contribution is 2.15. The first-order chi connectivity index (χ1) is 9.58. The van der Waals surface area contributed by atoms with Crippen molar-refractivity contribution >= 4 is 17.5 Å². The first-order valence-electron chi connectivity index (χ1n) is 6.63. The number of nitrogens with two attached hydrogens (primary N) is 1. The van der Waals surface area contributed by atoms with E-state index in [-0.39, 0.29) is 12.5 Å². The van der Waals surface area contributed by atoms with E-state index >= 15 is 0 Å². The lowest BCUT2D eigenvalue weighted by molar-refractivity contribution is -0.118. The number of rotatable bonds is 10. The molecule has 1 atom stereocenters. The Morgan fingerprint density at radius 1 is 1.35 bits per heavy atom. The highest BCUT2D eigenvalue weighted by Gasteiger charge is 2.04. The highest BCUT2D eigenvalue weighted by atomic mass is 35.5. The Morgan fingerprint density at radius 2 is 2.05 bits per heavy atom. The van der Waals surface area contributed by atoms with Crippen LogP contribution < -0.4 is 15.8 Å². The number of unbranched alkanes of at least 4 members (excludes halogenated alkanes) is 1. The van der Waals surface area contributed by atoms with Crippen LogP contribution in [-0.4, -0.2) is 36.8 Å². The number of aliphatic hydroxyl groups is 1. The fourth-order valence-electron chi connectivity index (χ4n) is 1.60. The molecular formula is C14H21ClN2O3. The molecule has 0 bridgehead atoms. The van der Waals surface area contributed by atoms with E-state index in [0.717, 1.165) is 19.4 Å². The topological polar surface area (TPSA) is 84.6 Å². The van der Waals surface area contributed by atoms with Crippen LogP contribution in [0.4, 0.5) is 0 Å². The second kappa shape index (κ2) is 9.58. The zero-order valence-corrected chi connectivity index (χ0v) is 12.1. The van der Waals surface area contributed by atoms with Crippen LogP contribution in [0, 0.1) is 0 Å². The van der Waals surface area contributed by atoms with Gasteiger partial charge in [-0.15, -0.1) is 0 Å². The lowest BCUT2D eigenvalue weighted by Gasteiger charge is -2.13. The molecule has 1 amide bonds. The summed E-state index contributed by atoms with van der Waals surface area (Å²) in [7, 11) is 0. The molecule has 1 rings (SSSR count). The number of amides is 1. The van der Waals surface area contributed by atoms with Gasteiger partial charge in [0.15, 0.2) is 0 Å². The van der Waals surface area contributed by atoms with Crippen LogP contribution >= 0.6 is 11.6 Å². The van der Waals surface area contributed by atoms with Crippen molar-refractivity contribution in [1.82, 2.24) is 5.32 Å². The van der Waals surface area contributed by atoms with Crippen molar-refractivity contribution in [3.05, 3.63) is 29.3 Å². The van der Waals surface area contributed by atoms with Gasteiger partial charge in [0.1, 0.15) is 18.5 Å². The number of benzene rings is 1. The fraction of sp³-hybridized carbons (Fsp3) is 0.500. The van der Waals surface area contributed by atoms with E-state index in [9.17, 15) is 9.90 Å². The van der Waals surface area contributed by atoms with Gasteiger partial charge in [0.25, 0.3) is 0 Å². The maximum Gasteiger partial charge on any atom is 0.217 e. The number of carbonyl (C=O) groups is 1. The number of hydrogen-bond donors (Lipinski definition) is 3. The summed E-state index contributed by atoms with van der Waals surface area (Å²) < 4.78 is 5.42. The lowest BCUT2D eigenvalue weighted by atomic mass is 10.2. The van der Waals surface area contributed by atoms with Crippen molar-refractivity contribution in [3.63, 3.8) is 0 Å². The molecular weight excluding hydrogens is 280 g/mol. The molecule has 0 aliphatic heterocycles. The summed E-state index contributed by atoms with van der Waals surface area (Å²) in [5.74, 6) is 0.399. The van der Waals surface area contributed by atoms with E-state index < -0.39 is 6.10 Å². The van der Waals surface area contributed by atoms with E-state index in [2.05, 4.69) is 5.32 Å². The van der Waals surface area contributed by atoms with Crippen LogP contribution in [0.5, 0.6) is 5.75 Å². The zero-order chi connectivity index (χ0) is 14.8. The normalized spacial score (nSPS) is 12.1. The summed E-state index contributed by atoms with van der Waals surface area (Å²) >= 11 is 5.76. The number of halogens is 1. The van der Waals surface area contributed by atoms with Crippen molar-refractivity contribution in [2.75, 3.05) is 19.7 Å². The second-order valence-electron chi connectivity index (χ2n) is 4.55. The highest BCUT2D eigenvalue weighted by molar-refractivity contribution is 6.30. The molecule has 0 saturated carbocycles. The maximum absolute atomic E-state index is 10.5. The number of primary amides is 1. The smallest absolute Gasteiger partial charge is 0.217 e. The Hall–Kier alpha value is -1.30. The third-order valence-corrected chi connectivity index (χ3v) is 2.91. The maximum atomic E-state index is 10.5. The lowest BCUT2D eigenvalue weighted by Crippen LogP contribution is -2.32. The molecule has 0 aromatic heterocycles. The van der Waals surface area contributed by atoms with Gasteiger partial charge in [-0.1, -0.05) is 11.6 Å². The van der Waals surface area contributed by atoms with Gasteiger partial charge >= 0.3 is 0 Å². The fourth-order valence-corrected chi connectivity index (χ4v) is 1.73. The molecule has 0 heterocycles. The third kappa shape index (κ3) is 7.99. The Bertz CT molecular complexity index is 398. The minimum absolute atomic E-state index is 0.218. The molecule has 1 aromatic rings. The predicted octanol–water partition coefficient (Wildman–Crippen LogP) is 1.32. The summed E-state index contributed by atoms with van der Waals surface area (Å²) in [6.45, 7) is 1.41. The summed E-state index contributed by atoms with van der Waals surface area (Å²) in [6, 6.07) is 6.99. The molecule has 0 spiro atoms. The Labute approximate surface area is 124 Å². The standard InChI is InChI=1S/C14H21ClN2O3/c15-11-4-6-13(7-5-11)20-10-12(18)9-17-8-2-1-3-14(16)19/h4-7,12,17-18H,1-3,8-10H2,(H2,16,19). The molecule has 0 saturated heterocycles. The number of aliphatic hydroxyl groups excluding tert-OH is 1. The van der Waals surface area contributed by atoms with E-state index in [1.807, 2.05) is 0 Å². The molecule has 0 radical (unpaired) electrons. The quantitative estimate of drug-likeness (QED) is 0.569. The SMILES string of the molecule is NC(=O)CCCCNCC(O)COc1ccc(Cl)cc1. The van der Waals surface area contributed by atoms with Crippen molar-refractivity contribution in [3.8, 4) is 5.75 Å². The van der Waals surface area contributed by atoms with E-state index in [4.69, 9.17) is 22.1 Å². The zero-order valence-electron chi connectivity index (χ0n) is 11.3. The van der Waals surface area contributed by atoms with E-state index in [1.165, 1.54) is 0 Å². The van der Waals surface area contributed by atoms with Crippen molar-refractivity contribution in [2.24, 2.45) is 5.73 Å². The number of nitrogens with one attached hydrogen (secondary N) is 1. The molecule has 0 fully saturated rings. The van der Waals surface area contributed by atoms with Gasteiger partial charge in [0.2, 0.25) is 5.91 Å². The van der Waals surface area contributed by atoms with Crippen LogP contribution in [0.1, 0.15) is 19.3 Å². The first-order valence-corrected chi connectivity index (χ1v) is 7.01. The number of carbonyl (C=O) groups excluding carboxylic acids is 1. The van der Waals surface area contributed by atoms with Crippen LogP contribution in [-0.2, 0) is 4.79 Å². The van der Waals surface area contributed by atoms with E-state index in [1.54, 1.807) is 24.3 Å². The van der Waals surface area contributed by atoms with Gasteiger partial charge in [-0.25, -0.2) is 0 Å². The van der Waals surface area contributed by atoms with Crippen LogP contribution in [0.2, 0.25) is 5.02 Å². The minimum Gasteiger partial charge on any atom is -0.491 e. The Morgan fingerprint density at radius 3 is 2.70 bits per heavy atom. The first kappa shape index (κ1) is 16.8. The molecule has 0 aliphatic carbocycles. The van der Waals surface area contributed by atoms with Crippen molar-refractivity contribution in [1.29, 1.82) is 0 Å². The van der Waals surface area contributed by atoms with Crippen LogP contribution in [0.25, 0.3) is 0 Å². The Kier molecular flexibility index (Phi) is 8.02. The Balaban J connectivity index is 2.04. The molecule has 112 valence electrons. The molecule has 1 aromatic carbocycles. The minimum atomic E-state index is -0.582. The van der Waals surface area contributed by atoms with Crippen LogP contribution in [0.3, 0.4) is 0 Å². The molecule has 0 aliphatic rings. The monoisotopic (exact) mass is 300 g/mol. The van der Waals surface area contributed by atoms with Crippen molar-refractivity contribution in [2.45, 2.75) is 25.4 Å². The summed E-state index contributed by atoms with van der Waals surface area (Å²) in [5.41, 5.74) is 5.04. The van der Waals surface area contributed by atoms with Gasteiger partial charge < -0.3 is 20.9 Å². The van der Waals surface area contributed by atoms with Gasteiger partial charge in [-0.2, -0.15) is 0 Å². The van der Waals surface area contributed by atoms with Gasteiger partial charge in [0.05, 0.1) is 0 Å². The van der Waals surface area contributed by atoms with Crippen LogP contribution in [0.15, 0.2) is 24.3 Å². The number of ether oxygens (including phenoxy) is 1. The van der Waals surface area contributed by atoms with Gasteiger partial charge in [-0.3, -0.25) is 4.79 Å². The predicted molar refractivity (Wildman–Crippen MR) is 78.9 cm³/mol. The third-order valence-electron chi connectivity index (χ3n) is 2.66. The molecule has 20 heavy (non-hydrogen) atoms. The second-order valence-corrected chi connectivity index (χ2v) is 4.98. The molecule has 5 nitrogen and oxygen atoms in total. The summed E-state index contributed by atoms with van der Waals surface area (Å²) in [6.07, 6.45) is 1.44. The summed E-state index contributed by atoms with van der Waals surface area (Å²) in [4.78, 5) is 10.5. The van der Waals surface area contributed by atoms with E-state index in [0.29, 0.717) is 23.7 Å². The largest absolute Gasteiger partial charge is 0.491 e. The number of hydrogen-bond acceptors (Lipinski definition) is 4. The molecule has 1 unspecified atom stereocenters. The van der Waals surface area contributed by atoms with Crippen molar-refractivity contribution < 1.29 is 14.6 Å². The molecule has 6 heteroatoms. The average molecular weight is 301 g/mol. The molecule has 4 N–H and O–H groups in total. The van der Waals surface area contributed by atoms with Gasteiger partial charge in [-0.05, 0) is 43.7 Å². The van der Waals surface area contributed by atoms with Gasteiger partial charge in [0, 0.05) is 18.0 Å². The summed E-state index contributed by atoms with van der Waals surface area (Å²) in [5, 5.41) is 13.5. The average Bonchev–Trinajstić information content (AvgIpc) is 2.41.